The number of nitrogens with zero attached hydrogens (tertiary/aromatic N) is 1. The quantitative estimate of drug-likeness (QED) is 0.325. The van der Waals surface area contributed by atoms with Gasteiger partial charge in [-0.25, -0.2) is 5.84 Å². The van der Waals surface area contributed by atoms with Gasteiger partial charge in [0.15, 0.2) is 0 Å². The van der Waals surface area contributed by atoms with E-state index in [9.17, 15) is 9.59 Å². The van der Waals surface area contributed by atoms with E-state index in [4.69, 9.17) is 22.6 Å². The number of nitrogens with two attached hydrogens (primary N) is 1. The zero-order chi connectivity index (χ0) is 18.3. The van der Waals surface area contributed by atoms with Gasteiger partial charge in [-0.05, 0) is 56.6 Å². The van der Waals surface area contributed by atoms with Crippen LogP contribution in [0.3, 0.4) is 0 Å². The van der Waals surface area contributed by atoms with Gasteiger partial charge in [-0.1, -0.05) is 30.3 Å². The van der Waals surface area contributed by atoms with E-state index in [2.05, 4.69) is 0 Å². The molecule has 0 aliphatic rings. The Kier molecular flexibility index (Phi) is 12.0. The first kappa shape index (κ1) is 26.4. The van der Waals surface area contributed by atoms with E-state index in [0.717, 1.165) is 0 Å². The first-order valence-corrected chi connectivity index (χ1v) is 7.64. The third-order valence-electron chi connectivity index (χ3n) is 3.06. The largest absolute Gasteiger partial charge is 0.508 e. The van der Waals surface area contributed by atoms with Crippen molar-refractivity contribution in [3.05, 3.63) is 65.7 Å². The number of halogens is 3. The highest BCUT2D eigenvalue weighted by molar-refractivity contribution is 6.67. The van der Waals surface area contributed by atoms with E-state index in [0.29, 0.717) is 11.1 Å². The van der Waals surface area contributed by atoms with E-state index < -0.39 is 10.8 Å². The van der Waals surface area contributed by atoms with Gasteiger partial charge in [0, 0.05) is 11.1 Å². The number of carbonyl (C=O) groups excluding carboxylic acids is 2. The molecule has 2 aromatic rings. The number of benzene rings is 2. The second kappa shape index (κ2) is 11.8. The van der Waals surface area contributed by atoms with Crippen molar-refractivity contribution in [1.82, 2.24) is 5.01 Å². The minimum atomic E-state index is -0.422. The molecule has 0 spiro atoms. The molecule has 0 aliphatic heterocycles. The van der Waals surface area contributed by atoms with Crippen LogP contribution in [0.4, 0.5) is 0 Å². The maximum absolute atomic E-state index is 11.8. The number of rotatable bonds is 2. The Balaban J connectivity index is 0. The summed E-state index contributed by atoms with van der Waals surface area (Å²) in [5.41, 5.74) is 0.582. The van der Waals surface area contributed by atoms with Crippen LogP contribution in [0.2, 0.25) is 0 Å². The molecule has 1 amide bonds. The summed E-state index contributed by atoms with van der Waals surface area (Å²) >= 11 is 5.16. The fourth-order valence-corrected chi connectivity index (χ4v) is 1.74. The van der Waals surface area contributed by atoms with Crippen LogP contribution in [-0.2, 0) is 0 Å². The number of phenols is 1. The Labute approximate surface area is 170 Å². The van der Waals surface area contributed by atoms with Crippen LogP contribution in [0, 0.1) is 0 Å². The molecule has 0 saturated heterocycles. The van der Waals surface area contributed by atoms with Crippen molar-refractivity contribution in [2.75, 3.05) is 0 Å². The summed E-state index contributed by atoms with van der Waals surface area (Å²) in [6, 6.07) is 14.7. The number of phenolic OH excluding ortho intramolecular Hbond substituents is 1. The van der Waals surface area contributed by atoms with Gasteiger partial charge in [0.25, 0.3) is 11.1 Å². The number of aromatic hydroxyl groups is 1. The van der Waals surface area contributed by atoms with E-state index in [1.54, 1.807) is 36.4 Å². The maximum atomic E-state index is 11.8. The number of hydrazine groups is 1. The van der Waals surface area contributed by atoms with Crippen molar-refractivity contribution in [2.24, 2.45) is 5.84 Å². The maximum Gasteiger partial charge on any atom is 0.268 e. The molecule has 2 rings (SSSR count). The van der Waals surface area contributed by atoms with Gasteiger partial charge in [-0.2, -0.15) is 0 Å². The molecule has 144 valence electrons. The Bertz CT molecular complexity index is 687. The van der Waals surface area contributed by atoms with Crippen molar-refractivity contribution < 1.29 is 14.7 Å². The van der Waals surface area contributed by atoms with E-state index in [-0.39, 0.29) is 36.5 Å². The Morgan fingerprint density at radius 2 is 1.38 bits per heavy atom. The highest BCUT2D eigenvalue weighted by Crippen LogP contribution is 2.15. The minimum Gasteiger partial charge on any atom is -0.508 e. The summed E-state index contributed by atoms with van der Waals surface area (Å²) in [4.78, 5) is 22.2. The van der Waals surface area contributed by atoms with Crippen molar-refractivity contribution in [2.45, 2.75) is 26.3 Å². The second-order valence-corrected chi connectivity index (χ2v) is 6.38. The van der Waals surface area contributed by atoms with Crippen molar-refractivity contribution >= 4 is 47.6 Å². The lowest BCUT2D eigenvalue weighted by Crippen LogP contribution is -2.50. The van der Waals surface area contributed by atoms with Gasteiger partial charge < -0.3 is 5.11 Å². The van der Waals surface area contributed by atoms with Crippen molar-refractivity contribution in [1.29, 1.82) is 0 Å². The summed E-state index contributed by atoms with van der Waals surface area (Å²) in [5, 5.41) is 9.85. The molecule has 0 saturated carbocycles. The monoisotopic (exact) mass is 420 g/mol. The standard InChI is InChI=1S/C11H16N2O2.C7H5ClO.2ClH/c1-11(2,3)13(12)10(15)8-4-6-9(14)7-5-8;8-7(9)6-4-2-1-3-5-6;;/h4-7,14H,12H2,1-3H3;1-5H;2*1H. The smallest absolute Gasteiger partial charge is 0.268 e. The van der Waals surface area contributed by atoms with Crippen LogP contribution in [0.25, 0.3) is 0 Å². The summed E-state index contributed by atoms with van der Waals surface area (Å²) < 4.78 is 0. The molecule has 0 radical (unpaired) electrons. The molecule has 0 aliphatic carbocycles. The third-order valence-corrected chi connectivity index (χ3v) is 3.27. The molecule has 3 N–H and O–H groups in total. The SMILES string of the molecule is CC(C)(C)N(N)C(=O)c1ccc(O)cc1.Cl.Cl.O=C(Cl)c1ccccc1. The van der Waals surface area contributed by atoms with E-state index in [1.807, 2.05) is 26.8 Å². The molecule has 0 heterocycles. The summed E-state index contributed by atoms with van der Waals surface area (Å²) in [5.74, 6) is 5.55. The van der Waals surface area contributed by atoms with Crippen molar-refractivity contribution in [3.63, 3.8) is 0 Å². The van der Waals surface area contributed by atoms with E-state index in [1.165, 1.54) is 17.1 Å². The molecule has 0 fully saturated rings. The molecular formula is C18H23Cl3N2O3. The first-order valence-electron chi connectivity index (χ1n) is 7.26. The van der Waals surface area contributed by atoms with Gasteiger partial charge in [0.05, 0.1) is 5.54 Å². The average molecular weight is 422 g/mol. The molecule has 0 bridgehead atoms. The van der Waals surface area contributed by atoms with Crippen LogP contribution in [-0.4, -0.2) is 26.8 Å². The lowest BCUT2D eigenvalue weighted by atomic mass is 10.1. The second-order valence-electron chi connectivity index (χ2n) is 6.03. The molecule has 0 atom stereocenters. The molecule has 8 heteroatoms. The summed E-state index contributed by atoms with van der Waals surface area (Å²) in [6.07, 6.45) is 0. The Morgan fingerprint density at radius 3 is 1.73 bits per heavy atom. The fourth-order valence-electron chi connectivity index (χ4n) is 1.62. The lowest BCUT2D eigenvalue weighted by Gasteiger charge is -2.31. The predicted molar refractivity (Wildman–Crippen MR) is 109 cm³/mol. The van der Waals surface area contributed by atoms with Crippen LogP contribution in [0.5, 0.6) is 5.75 Å². The normalized spacial score (nSPS) is 9.58. The van der Waals surface area contributed by atoms with Gasteiger partial charge in [-0.3, -0.25) is 14.6 Å². The van der Waals surface area contributed by atoms with Crippen LogP contribution < -0.4 is 5.84 Å². The lowest BCUT2D eigenvalue weighted by molar-refractivity contribution is 0.0581. The molecule has 5 nitrogen and oxygen atoms in total. The molecular weight excluding hydrogens is 399 g/mol. The van der Waals surface area contributed by atoms with Crippen LogP contribution in [0.15, 0.2) is 54.6 Å². The number of hydrogen-bond acceptors (Lipinski definition) is 4. The number of hydrogen-bond donors (Lipinski definition) is 2. The number of carbonyl (C=O) groups is 2. The zero-order valence-corrected chi connectivity index (χ0v) is 17.1. The summed E-state index contributed by atoms with van der Waals surface area (Å²) in [7, 11) is 0. The molecule has 26 heavy (non-hydrogen) atoms. The Hall–Kier alpha value is -1.79. The van der Waals surface area contributed by atoms with Gasteiger partial charge in [0.1, 0.15) is 5.75 Å². The zero-order valence-electron chi connectivity index (χ0n) is 14.7. The average Bonchev–Trinajstić information content (AvgIpc) is 2.54. The highest BCUT2D eigenvalue weighted by Gasteiger charge is 2.24. The molecule has 0 aromatic heterocycles. The minimum absolute atomic E-state index is 0. The van der Waals surface area contributed by atoms with Crippen molar-refractivity contribution in [3.8, 4) is 5.75 Å². The third kappa shape index (κ3) is 8.54. The van der Waals surface area contributed by atoms with Crippen LogP contribution >= 0.6 is 36.4 Å². The van der Waals surface area contributed by atoms with E-state index >= 15 is 0 Å². The molecule has 0 unspecified atom stereocenters. The van der Waals surface area contributed by atoms with Gasteiger partial charge in [0.2, 0.25) is 0 Å². The predicted octanol–water partition coefficient (Wildman–Crippen LogP) is 4.42. The highest BCUT2D eigenvalue weighted by atomic mass is 35.5. The topological polar surface area (TPSA) is 83.6 Å². The van der Waals surface area contributed by atoms with Crippen LogP contribution in [0.1, 0.15) is 41.5 Å². The fraction of sp³-hybridized carbons (Fsp3) is 0.222. The number of amides is 1. The van der Waals surface area contributed by atoms with Gasteiger partial charge >= 0.3 is 0 Å². The van der Waals surface area contributed by atoms with Gasteiger partial charge in [-0.15, -0.1) is 24.8 Å². The summed E-state index contributed by atoms with van der Waals surface area (Å²) in [6.45, 7) is 5.56. The first-order chi connectivity index (χ1) is 11.1. The molecule has 2 aromatic carbocycles. The Morgan fingerprint density at radius 1 is 0.923 bits per heavy atom.